The highest BCUT2D eigenvalue weighted by atomic mass is 16.6. The van der Waals surface area contributed by atoms with E-state index in [2.05, 4.69) is 118 Å². The summed E-state index contributed by atoms with van der Waals surface area (Å²) < 4.78 is 16.6. The minimum Gasteiger partial charge on any atom is -0.462 e. The number of hydrogen-bond donors (Lipinski definition) is 0. The molecule has 0 saturated heterocycles. The lowest BCUT2D eigenvalue weighted by atomic mass is 10.1. The molecular weight excluding hydrogens is 733 g/mol. The maximum atomic E-state index is 12.7. The van der Waals surface area contributed by atoms with Gasteiger partial charge in [-0.25, -0.2) is 0 Å². The summed E-state index contributed by atoms with van der Waals surface area (Å²) in [6, 6.07) is 0. The van der Waals surface area contributed by atoms with Crippen molar-refractivity contribution in [3.63, 3.8) is 0 Å². The number of ether oxygens (including phenoxy) is 3. The highest BCUT2D eigenvalue weighted by molar-refractivity contribution is 5.71. The summed E-state index contributed by atoms with van der Waals surface area (Å²) in [5, 5.41) is 0. The van der Waals surface area contributed by atoms with Crippen molar-refractivity contribution in [1.29, 1.82) is 0 Å². The van der Waals surface area contributed by atoms with E-state index in [9.17, 15) is 14.4 Å². The minimum absolute atomic E-state index is 0.127. The molecule has 0 saturated carbocycles. The second-order valence-corrected chi connectivity index (χ2v) is 14.9. The fourth-order valence-electron chi connectivity index (χ4n) is 5.79. The van der Waals surface area contributed by atoms with Crippen LogP contribution in [0.4, 0.5) is 0 Å². The van der Waals surface area contributed by atoms with Gasteiger partial charge in [0.2, 0.25) is 0 Å². The first-order valence-corrected chi connectivity index (χ1v) is 23.4. The predicted octanol–water partition coefficient (Wildman–Crippen LogP) is 15.2. The van der Waals surface area contributed by atoms with E-state index in [1.165, 1.54) is 38.5 Å². The number of rotatable bonds is 40. The van der Waals surface area contributed by atoms with Gasteiger partial charge in [-0.1, -0.05) is 169 Å². The van der Waals surface area contributed by atoms with Crippen molar-refractivity contribution < 1.29 is 28.6 Å². The molecule has 6 heteroatoms. The Morgan fingerprint density at radius 3 is 1.19 bits per heavy atom. The first-order valence-electron chi connectivity index (χ1n) is 23.4. The first kappa shape index (κ1) is 55.1. The number of carbonyl (C=O) groups excluding carboxylic acids is 3. The van der Waals surface area contributed by atoms with Crippen LogP contribution in [0.15, 0.2) is 109 Å². The molecule has 0 fully saturated rings. The van der Waals surface area contributed by atoms with Crippen LogP contribution in [0.3, 0.4) is 0 Å². The molecule has 0 N–H and O–H groups in total. The van der Waals surface area contributed by atoms with Gasteiger partial charge in [0.15, 0.2) is 6.10 Å². The summed E-state index contributed by atoms with van der Waals surface area (Å²) >= 11 is 0. The second kappa shape index (κ2) is 46.8. The summed E-state index contributed by atoms with van der Waals surface area (Å²) in [6.45, 7) is 6.25. The third-order valence-electron chi connectivity index (χ3n) is 9.26. The molecule has 0 rings (SSSR count). The Hall–Kier alpha value is -3.93. The molecule has 1 atom stereocenters. The minimum atomic E-state index is -0.828. The average molecular weight is 817 g/mol. The van der Waals surface area contributed by atoms with Crippen LogP contribution < -0.4 is 0 Å². The maximum Gasteiger partial charge on any atom is 0.306 e. The van der Waals surface area contributed by atoms with Gasteiger partial charge in [0.1, 0.15) is 13.2 Å². The van der Waals surface area contributed by atoms with E-state index in [1.54, 1.807) is 0 Å². The average Bonchev–Trinajstić information content (AvgIpc) is 3.23. The molecule has 0 aromatic rings. The van der Waals surface area contributed by atoms with E-state index in [0.717, 1.165) is 103 Å². The Bertz CT molecular complexity index is 1260. The standard InChI is InChI=1S/C53H84O6/c1-4-7-10-13-16-19-21-23-24-25-26-27-28-30-31-34-37-40-43-46-52(55)58-49-50(48-57-51(54)45-42-39-36-33-18-15-12-9-6-3)59-53(56)47-44-41-38-35-32-29-22-20-17-14-11-8-5-2/h7,9-10,12,16,18-19,23-24,26-27,29-33,37,40,50H,4-6,8,11,13-15,17,20-22,25,28,34-36,38-39,41-49H2,1-3H3/b10-7-,12-9-,19-16-,24-23-,27-26-,31-30-,32-29-,33-18-,40-37-. The second-order valence-electron chi connectivity index (χ2n) is 14.9. The molecule has 0 aromatic carbocycles. The third-order valence-corrected chi connectivity index (χ3v) is 9.26. The topological polar surface area (TPSA) is 78.9 Å². The molecule has 0 aliphatic heterocycles. The fraction of sp³-hybridized carbons (Fsp3) is 0.604. The van der Waals surface area contributed by atoms with Gasteiger partial charge in [-0.05, 0) is 109 Å². The van der Waals surface area contributed by atoms with E-state index < -0.39 is 6.10 Å². The Balaban J connectivity index is 4.53. The van der Waals surface area contributed by atoms with Crippen LogP contribution in [0.25, 0.3) is 0 Å². The SMILES string of the molecule is CC/C=C\C/C=C\C/C=C\C/C=C\C/C=C\C/C=C\CCC(=O)OCC(COC(=O)CCCC/C=C\C/C=C\CC)OC(=O)CCCCC/C=C\CCCCCCCC. The van der Waals surface area contributed by atoms with Crippen LogP contribution in [0.5, 0.6) is 0 Å². The Morgan fingerprint density at radius 1 is 0.356 bits per heavy atom. The van der Waals surface area contributed by atoms with E-state index in [0.29, 0.717) is 12.8 Å². The van der Waals surface area contributed by atoms with Gasteiger partial charge in [-0.15, -0.1) is 0 Å². The van der Waals surface area contributed by atoms with Crippen molar-refractivity contribution in [1.82, 2.24) is 0 Å². The lowest BCUT2D eigenvalue weighted by molar-refractivity contribution is -0.166. The molecule has 6 nitrogen and oxygen atoms in total. The van der Waals surface area contributed by atoms with E-state index in [-0.39, 0.29) is 44.0 Å². The number of esters is 3. The zero-order valence-electron chi connectivity index (χ0n) is 37.7. The molecule has 0 aromatic heterocycles. The van der Waals surface area contributed by atoms with Crippen molar-refractivity contribution in [2.45, 2.75) is 194 Å². The predicted molar refractivity (Wildman–Crippen MR) is 251 cm³/mol. The van der Waals surface area contributed by atoms with Crippen molar-refractivity contribution in [2.75, 3.05) is 13.2 Å². The lowest BCUT2D eigenvalue weighted by Gasteiger charge is -2.18. The molecular formula is C53H84O6. The van der Waals surface area contributed by atoms with Gasteiger partial charge >= 0.3 is 17.9 Å². The summed E-state index contributed by atoms with van der Waals surface area (Å²) in [4.78, 5) is 37.7. The molecule has 0 amide bonds. The summed E-state index contributed by atoms with van der Waals surface area (Å²) in [6.07, 6.45) is 62.4. The number of allylic oxidation sites excluding steroid dienone is 18. The van der Waals surface area contributed by atoms with Crippen LogP contribution in [-0.2, 0) is 28.6 Å². The smallest absolute Gasteiger partial charge is 0.306 e. The highest BCUT2D eigenvalue weighted by Gasteiger charge is 2.19. The zero-order chi connectivity index (χ0) is 43.0. The molecule has 0 aliphatic carbocycles. The number of unbranched alkanes of at least 4 members (excludes halogenated alkanes) is 11. The van der Waals surface area contributed by atoms with E-state index in [1.807, 2.05) is 12.2 Å². The maximum absolute atomic E-state index is 12.7. The molecule has 0 bridgehead atoms. The largest absolute Gasteiger partial charge is 0.462 e. The third kappa shape index (κ3) is 45.0. The number of carbonyl (C=O) groups is 3. The van der Waals surface area contributed by atoms with Crippen LogP contribution in [-0.4, -0.2) is 37.2 Å². The van der Waals surface area contributed by atoms with Crippen LogP contribution in [0.1, 0.15) is 188 Å². The van der Waals surface area contributed by atoms with Crippen molar-refractivity contribution in [2.24, 2.45) is 0 Å². The Morgan fingerprint density at radius 2 is 0.695 bits per heavy atom. The van der Waals surface area contributed by atoms with Crippen LogP contribution >= 0.6 is 0 Å². The van der Waals surface area contributed by atoms with Gasteiger partial charge < -0.3 is 14.2 Å². The van der Waals surface area contributed by atoms with Gasteiger partial charge in [-0.2, -0.15) is 0 Å². The van der Waals surface area contributed by atoms with Gasteiger partial charge in [-0.3, -0.25) is 14.4 Å². The zero-order valence-corrected chi connectivity index (χ0v) is 37.7. The van der Waals surface area contributed by atoms with Gasteiger partial charge in [0.25, 0.3) is 0 Å². The summed E-state index contributed by atoms with van der Waals surface area (Å²) in [5.41, 5.74) is 0. The monoisotopic (exact) mass is 817 g/mol. The van der Waals surface area contributed by atoms with Gasteiger partial charge in [0.05, 0.1) is 0 Å². The molecule has 0 radical (unpaired) electrons. The molecule has 0 aliphatic rings. The molecule has 59 heavy (non-hydrogen) atoms. The molecule has 332 valence electrons. The molecule has 0 heterocycles. The first-order chi connectivity index (χ1) is 29.0. The Kier molecular flexibility index (Phi) is 43.6. The van der Waals surface area contributed by atoms with E-state index in [4.69, 9.17) is 14.2 Å². The molecule has 1 unspecified atom stereocenters. The fourth-order valence-corrected chi connectivity index (χ4v) is 5.79. The van der Waals surface area contributed by atoms with E-state index >= 15 is 0 Å². The van der Waals surface area contributed by atoms with Crippen LogP contribution in [0, 0.1) is 0 Å². The Labute approximate surface area is 361 Å². The van der Waals surface area contributed by atoms with Crippen LogP contribution in [0.2, 0.25) is 0 Å². The quantitative estimate of drug-likeness (QED) is 0.0265. The van der Waals surface area contributed by atoms with Crippen molar-refractivity contribution in [3.05, 3.63) is 109 Å². The normalized spacial score (nSPS) is 13.1. The highest BCUT2D eigenvalue weighted by Crippen LogP contribution is 2.11. The molecule has 0 spiro atoms. The number of hydrogen-bond acceptors (Lipinski definition) is 6. The van der Waals surface area contributed by atoms with Crippen molar-refractivity contribution in [3.8, 4) is 0 Å². The van der Waals surface area contributed by atoms with Gasteiger partial charge in [0, 0.05) is 19.3 Å². The summed E-state index contributed by atoms with van der Waals surface area (Å²) in [5.74, 6) is -1.08. The lowest BCUT2D eigenvalue weighted by Crippen LogP contribution is -2.30. The summed E-state index contributed by atoms with van der Waals surface area (Å²) in [7, 11) is 0. The van der Waals surface area contributed by atoms with Crippen molar-refractivity contribution >= 4 is 17.9 Å².